The van der Waals surface area contributed by atoms with E-state index in [-0.39, 0.29) is 0 Å². The highest BCUT2D eigenvalue weighted by Gasteiger charge is 2.00. The summed E-state index contributed by atoms with van der Waals surface area (Å²) >= 11 is 3.98. The molecule has 3 N–H and O–H groups in total. The minimum absolute atomic E-state index is 0.801. The molecule has 84 valence electrons. The molecule has 0 unspecified atom stereocenters. The smallest absolute Gasteiger partial charge is 0.0942 e. The lowest BCUT2D eigenvalue weighted by Crippen LogP contribution is -2.06. The minimum Gasteiger partial charge on any atom is -0.399 e. The van der Waals surface area contributed by atoms with E-state index in [0.717, 1.165) is 32.9 Å². The summed E-state index contributed by atoms with van der Waals surface area (Å²) in [5.41, 5.74) is 7.62. The highest BCUT2D eigenvalue weighted by molar-refractivity contribution is 14.1. The van der Waals surface area contributed by atoms with Gasteiger partial charge in [-0.05, 0) is 40.8 Å². The number of nitrogens with one attached hydrogen (secondary N) is 1. The first-order chi connectivity index (χ1) is 7.75. The number of nitrogen functional groups attached to an aromatic ring is 1. The summed E-state index contributed by atoms with van der Waals surface area (Å²) in [6.45, 7) is 0.896. The van der Waals surface area contributed by atoms with Crippen molar-refractivity contribution in [1.29, 1.82) is 0 Å². The zero-order chi connectivity index (χ0) is 11.4. The predicted molar refractivity (Wildman–Crippen MR) is 77.9 cm³/mol. The molecule has 0 saturated heterocycles. The van der Waals surface area contributed by atoms with Crippen molar-refractivity contribution in [2.24, 2.45) is 0 Å². The number of thiazole rings is 1. The predicted octanol–water partition coefficient (Wildman–Crippen LogP) is 2.98. The molecular weight excluding hydrogens is 333 g/mol. The van der Waals surface area contributed by atoms with Crippen LogP contribution in [0.5, 0.6) is 0 Å². The van der Waals surface area contributed by atoms with Crippen LogP contribution in [-0.2, 0) is 6.42 Å². The Bertz CT molecular complexity index is 456. The number of nitrogens with zero attached hydrogens (tertiary/aromatic N) is 1. The van der Waals surface area contributed by atoms with Gasteiger partial charge in [-0.2, -0.15) is 0 Å². The van der Waals surface area contributed by atoms with Gasteiger partial charge in [-0.25, -0.2) is 4.98 Å². The third-order valence-electron chi connectivity index (χ3n) is 2.13. The van der Waals surface area contributed by atoms with Crippen molar-refractivity contribution in [3.05, 3.63) is 38.4 Å². The van der Waals surface area contributed by atoms with Crippen LogP contribution in [0, 0.1) is 3.57 Å². The molecule has 0 saturated carbocycles. The number of rotatable bonds is 4. The van der Waals surface area contributed by atoms with Crippen molar-refractivity contribution < 1.29 is 0 Å². The van der Waals surface area contributed by atoms with Gasteiger partial charge in [-0.15, -0.1) is 11.3 Å². The number of aromatic nitrogens is 1. The normalized spacial score (nSPS) is 10.3. The Hall–Kier alpha value is -0.820. The van der Waals surface area contributed by atoms with Gasteiger partial charge in [0, 0.05) is 39.5 Å². The average molecular weight is 345 g/mol. The standard InChI is InChI=1S/C11H12IN3S/c12-9-7-8(13)1-2-10(9)14-4-3-11-15-5-6-16-11/h1-2,5-7,14H,3-4,13H2. The first-order valence-electron chi connectivity index (χ1n) is 4.93. The van der Waals surface area contributed by atoms with E-state index in [4.69, 9.17) is 5.73 Å². The molecule has 0 aliphatic heterocycles. The Labute approximate surface area is 112 Å². The maximum atomic E-state index is 5.69. The molecule has 1 heterocycles. The summed E-state index contributed by atoms with van der Waals surface area (Å²) in [7, 11) is 0. The molecule has 0 atom stereocenters. The van der Waals surface area contributed by atoms with E-state index >= 15 is 0 Å². The summed E-state index contributed by atoms with van der Waals surface area (Å²) in [6.07, 6.45) is 2.80. The van der Waals surface area contributed by atoms with Gasteiger partial charge in [-0.3, -0.25) is 0 Å². The van der Waals surface area contributed by atoms with Crippen molar-refractivity contribution in [3.8, 4) is 0 Å². The number of hydrogen-bond acceptors (Lipinski definition) is 4. The van der Waals surface area contributed by atoms with Gasteiger partial charge in [0.25, 0.3) is 0 Å². The summed E-state index contributed by atoms with van der Waals surface area (Å²) in [5.74, 6) is 0. The van der Waals surface area contributed by atoms with E-state index in [0.29, 0.717) is 0 Å². The van der Waals surface area contributed by atoms with E-state index in [2.05, 4.69) is 32.9 Å². The molecule has 1 aromatic heterocycles. The molecular formula is C11H12IN3S. The van der Waals surface area contributed by atoms with Crippen molar-refractivity contribution in [2.75, 3.05) is 17.6 Å². The number of benzene rings is 1. The molecule has 2 aromatic rings. The van der Waals surface area contributed by atoms with Crippen LogP contribution in [0.4, 0.5) is 11.4 Å². The molecule has 2 rings (SSSR count). The van der Waals surface area contributed by atoms with Crippen LogP contribution in [-0.4, -0.2) is 11.5 Å². The Morgan fingerprint density at radius 2 is 2.31 bits per heavy atom. The van der Waals surface area contributed by atoms with Crippen molar-refractivity contribution in [3.63, 3.8) is 0 Å². The highest BCUT2D eigenvalue weighted by atomic mass is 127. The Balaban J connectivity index is 1.90. The van der Waals surface area contributed by atoms with Crippen molar-refractivity contribution >= 4 is 45.3 Å². The highest BCUT2D eigenvalue weighted by Crippen LogP contribution is 2.20. The van der Waals surface area contributed by atoms with Gasteiger partial charge in [0.2, 0.25) is 0 Å². The van der Waals surface area contributed by atoms with Crippen LogP contribution < -0.4 is 11.1 Å². The topological polar surface area (TPSA) is 50.9 Å². The van der Waals surface area contributed by atoms with Gasteiger partial charge >= 0.3 is 0 Å². The Morgan fingerprint density at radius 3 is 3.00 bits per heavy atom. The zero-order valence-corrected chi connectivity index (χ0v) is 11.6. The lowest BCUT2D eigenvalue weighted by molar-refractivity contribution is 0.997. The fraction of sp³-hybridized carbons (Fsp3) is 0.182. The van der Waals surface area contributed by atoms with E-state index < -0.39 is 0 Å². The van der Waals surface area contributed by atoms with Crippen LogP contribution in [0.1, 0.15) is 5.01 Å². The molecule has 3 nitrogen and oxygen atoms in total. The summed E-state index contributed by atoms with van der Waals surface area (Å²) in [4.78, 5) is 4.24. The molecule has 0 radical (unpaired) electrons. The first-order valence-corrected chi connectivity index (χ1v) is 6.89. The Kier molecular flexibility index (Phi) is 4.00. The molecule has 16 heavy (non-hydrogen) atoms. The van der Waals surface area contributed by atoms with Gasteiger partial charge in [0.05, 0.1) is 5.01 Å². The van der Waals surface area contributed by atoms with Crippen LogP contribution >= 0.6 is 33.9 Å². The van der Waals surface area contributed by atoms with E-state index in [1.807, 2.05) is 29.8 Å². The van der Waals surface area contributed by atoms with E-state index in [1.165, 1.54) is 0 Å². The van der Waals surface area contributed by atoms with Gasteiger partial charge < -0.3 is 11.1 Å². The Morgan fingerprint density at radius 1 is 1.44 bits per heavy atom. The second kappa shape index (κ2) is 5.49. The van der Waals surface area contributed by atoms with Crippen molar-refractivity contribution in [1.82, 2.24) is 4.98 Å². The molecule has 0 bridgehead atoms. The molecule has 5 heteroatoms. The molecule has 0 aliphatic carbocycles. The van der Waals surface area contributed by atoms with E-state index in [9.17, 15) is 0 Å². The number of anilines is 2. The summed E-state index contributed by atoms with van der Waals surface area (Å²) in [5, 5.41) is 6.55. The fourth-order valence-corrected chi connectivity index (χ4v) is 2.71. The summed E-state index contributed by atoms with van der Waals surface area (Å²) < 4.78 is 1.15. The second-order valence-corrected chi connectivity index (χ2v) is 5.48. The van der Waals surface area contributed by atoms with Crippen LogP contribution in [0.2, 0.25) is 0 Å². The lowest BCUT2D eigenvalue weighted by atomic mass is 10.3. The maximum Gasteiger partial charge on any atom is 0.0942 e. The van der Waals surface area contributed by atoms with Crippen LogP contribution in [0.15, 0.2) is 29.8 Å². The summed E-state index contributed by atoms with van der Waals surface area (Å²) in [6, 6.07) is 5.89. The monoisotopic (exact) mass is 345 g/mol. The van der Waals surface area contributed by atoms with Gasteiger partial charge in [0.15, 0.2) is 0 Å². The lowest BCUT2D eigenvalue weighted by Gasteiger charge is -2.08. The zero-order valence-electron chi connectivity index (χ0n) is 8.61. The third kappa shape index (κ3) is 3.08. The third-order valence-corrected chi connectivity index (χ3v) is 3.86. The van der Waals surface area contributed by atoms with Crippen LogP contribution in [0.3, 0.4) is 0 Å². The average Bonchev–Trinajstić information content (AvgIpc) is 2.74. The molecule has 0 fully saturated rings. The molecule has 0 spiro atoms. The van der Waals surface area contributed by atoms with Gasteiger partial charge in [0.1, 0.15) is 0 Å². The molecule has 1 aromatic carbocycles. The second-order valence-electron chi connectivity index (χ2n) is 3.34. The minimum atomic E-state index is 0.801. The number of hydrogen-bond donors (Lipinski definition) is 2. The van der Waals surface area contributed by atoms with Gasteiger partial charge in [-0.1, -0.05) is 0 Å². The first kappa shape index (κ1) is 11.7. The quantitative estimate of drug-likeness (QED) is 0.662. The van der Waals surface area contributed by atoms with Crippen molar-refractivity contribution in [2.45, 2.75) is 6.42 Å². The number of halogens is 1. The van der Waals surface area contributed by atoms with Crippen LogP contribution in [0.25, 0.3) is 0 Å². The molecule has 0 aliphatic rings. The SMILES string of the molecule is Nc1ccc(NCCc2nccs2)c(I)c1. The number of nitrogens with two attached hydrogens (primary N) is 1. The maximum absolute atomic E-state index is 5.69. The largest absolute Gasteiger partial charge is 0.399 e. The molecule has 0 amide bonds. The fourth-order valence-electron chi connectivity index (χ4n) is 1.36. The van der Waals surface area contributed by atoms with E-state index in [1.54, 1.807) is 11.3 Å².